The average molecular weight is 477 g/mol. The van der Waals surface area contributed by atoms with Gasteiger partial charge in [-0.3, -0.25) is 0 Å². The van der Waals surface area contributed by atoms with Crippen LogP contribution in [0.3, 0.4) is 0 Å². The first-order valence-electron chi connectivity index (χ1n) is 13.8. The van der Waals surface area contributed by atoms with Crippen molar-refractivity contribution in [1.29, 1.82) is 0 Å². The van der Waals surface area contributed by atoms with Crippen LogP contribution < -0.4 is 0 Å². The molecule has 35 heavy (non-hydrogen) atoms. The molecule has 0 amide bonds. The highest BCUT2D eigenvalue weighted by atomic mass is 14.4. The number of hydrogen-bond donors (Lipinski definition) is 0. The van der Waals surface area contributed by atoms with Crippen molar-refractivity contribution in [3.63, 3.8) is 0 Å². The topological polar surface area (TPSA) is 0 Å². The van der Waals surface area contributed by atoms with Crippen LogP contribution in [0.15, 0.2) is 30.3 Å². The SMILES string of the molecule is CC(Cc1c(C(C)(C)C)cc(C(C)(C)C)cc1C(C)(C)C)c1cc(C(C)(C)C)ccc1C(C)(C)C. The minimum absolute atomic E-state index is 0.0937. The Labute approximate surface area is 219 Å². The average Bonchev–Trinajstić information content (AvgIpc) is 2.63. The third-order valence-electron chi connectivity index (χ3n) is 7.50. The standard InChI is InChI=1S/C35H56/c1-23(26-20-24(31(2,3)4)17-18-28(26)33(8,9)10)19-27-29(34(11,12)13)21-25(32(5,6)7)22-30(27)35(14,15)16/h17-18,20-23H,19H2,1-16H3. The zero-order chi connectivity index (χ0) is 27.4. The van der Waals surface area contributed by atoms with E-state index in [2.05, 4.69) is 141 Å². The molecule has 2 rings (SSSR count). The molecular weight excluding hydrogens is 420 g/mol. The first-order chi connectivity index (χ1) is 15.4. The molecule has 0 heterocycles. The molecule has 0 aliphatic heterocycles. The number of benzene rings is 2. The Morgan fingerprint density at radius 1 is 0.486 bits per heavy atom. The molecule has 2 aromatic carbocycles. The van der Waals surface area contributed by atoms with E-state index in [-0.39, 0.29) is 27.1 Å². The van der Waals surface area contributed by atoms with Gasteiger partial charge < -0.3 is 0 Å². The lowest BCUT2D eigenvalue weighted by atomic mass is 9.69. The van der Waals surface area contributed by atoms with Crippen LogP contribution in [0.2, 0.25) is 0 Å². The van der Waals surface area contributed by atoms with E-state index in [0.29, 0.717) is 5.92 Å². The number of hydrogen-bond acceptors (Lipinski definition) is 0. The van der Waals surface area contributed by atoms with Crippen LogP contribution in [-0.4, -0.2) is 0 Å². The van der Waals surface area contributed by atoms with Crippen molar-refractivity contribution < 1.29 is 0 Å². The van der Waals surface area contributed by atoms with Gasteiger partial charge in [0, 0.05) is 0 Å². The van der Waals surface area contributed by atoms with E-state index in [0.717, 1.165) is 6.42 Å². The summed E-state index contributed by atoms with van der Waals surface area (Å²) in [7, 11) is 0. The Hall–Kier alpha value is -1.56. The van der Waals surface area contributed by atoms with Crippen LogP contribution in [0.25, 0.3) is 0 Å². The normalized spacial score (nSPS) is 14.9. The monoisotopic (exact) mass is 476 g/mol. The van der Waals surface area contributed by atoms with Gasteiger partial charge in [0.05, 0.1) is 0 Å². The summed E-state index contributed by atoms with van der Waals surface area (Å²) >= 11 is 0. The maximum Gasteiger partial charge on any atom is -0.0129 e. The van der Waals surface area contributed by atoms with Gasteiger partial charge >= 0.3 is 0 Å². The first-order valence-corrected chi connectivity index (χ1v) is 13.8. The molecule has 0 N–H and O–H groups in total. The summed E-state index contributed by atoms with van der Waals surface area (Å²) in [6.07, 6.45) is 1.07. The molecule has 2 aromatic rings. The van der Waals surface area contributed by atoms with Crippen LogP contribution >= 0.6 is 0 Å². The second-order valence-electron chi connectivity index (χ2n) is 16.2. The molecule has 0 bridgehead atoms. The van der Waals surface area contributed by atoms with Crippen molar-refractivity contribution in [2.75, 3.05) is 0 Å². The van der Waals surface area contributed by atoms with Gasteiger partial charge in [-0.25, -0.2) is 0 Å². The molecule has 0 heteroatoms. The van der Waals surface area contributed by atoms with Crippen molar-refractivity contribution in [2.45, 2.75) is 150 Å². The summed E-state index contributed by atoms with van der Waals surface area (Å²) in [5.74, 6) is 0.439. The highest BCUT2D eigenvalue weighted by Crippen LogP contribution is 2.42. The molecule has 0 radical (unpaired) electrons. The Balaban J connectivity index is 2.82. The molecule has 0 aromatic heterocycles. The van der Waals surface area contributed by atoms with E-state index in [1.165, 1.54) is 33.4 Å². The molecule has 0 spiro atoms. The second kappa shape index (κ2) is 9.39. The van der Waals surface area contributed by atoms with Gasteiger partial charge in [-0.1, -0.05) is 141 Å². The van der Waals surface area contributed by atoms with E-state index in [1.807, 2.05) is 0 Å². The molecule has 1 unspecified atom stereocenters. The van der Waals surface area contributed by atoms with Crippen LogP contribution in [0.4, 0.5) is 0 Å². The molecule has 0 saturated carbocycles. The zero-order valence-electron chi connectivity index (χ0n) is 26.2. The minimum atomic E-state index is 0.0937. The van der Waals surface area contributed by atoms with Crippen LogP contribution in [-0.2, 0) is 33.5 Å². The van der Waals surface area contributed by atoms with Crippen LogP contribution in [0, 0.1) is 0 Å². The van der Waals surface area contributed by atoms with E-state index in [9.17, 15) is 0 Å². The fourth-order valence-corrected chi connectivity index (χ4v) is 5.20. The maximum atomic E-state index is 2.52. The predicted octanol–water partition coefficient (Wildman–Crippen LogP) is 10.5. The van der Waals surface area contributed by atoms with E-state index < -0.39 is 0 Å². The van der Waals surface area contributed by atoms with Crippen molar-refractivity contribution >= 4 is 0 Å². The molecule has 0 saturated heterocycles. The van der Waals surface area contributed by atoms with Crippen molar-refractivity contribution in [3.05, 3.63) is 69.3 Å². The van der Waals surface area contributed by atoms with Gasteiger partial charge in [0.2, 0.25) is 0 Å². The predicted molar refractivity (Wildman–Crippen MR) is 159 cm³/mol. The molecular formula is C35H56. The van der Waals surface area contributed by atoms with E-state index in [1.54, 1.807) is 5.56 Å². The summed E-state index contributed by atoms with van der Waals surface area (Å²) in [5, 5.41) is 0. The van der Waals surface area contributed by atoms with Gasteiger partial charge in [-0.05, 0) is 78.4 Å². The molecule has 1 atom stereocenters. The van der Waals surface area contributed by atoms with E-state index >= 15 is 0 Å². The van der Waals surface area contributed by atoms with Crippen molar-refractivity contribution in [3.8, 4) is 0 Å². The fourth-order valence-electron chi connectivity index (χ4n) is 5.20. The summed E-state index contributed by atoms with van der Waals surface area (Å²) in [6, 6.07) is 12.3. The summed E-state index contributed by atoms with van der Waals surface area (Å²) in [5.41, 5.74) is 11.1. The zero-order valence-corrected chi connectivity index (χ0v) is 26.2. The Kier molecular flexibility index (Phi) is 7.96. The van der Waals surface area contributed by atoms with Crippen molar-refractivity contribution in [2.24, 2.45) is 0 Å². The summed E-state index contributed by atoms with van der Waals surface area (Å²) in [6.45, 7) is 37.8. The molecule has 0 fully saturated rings. The smallest absolute Gasteiger partial charge is 0.0129 e. The number of rotatable bonds is 3. The highest BCUT2D eigenvalue weighted by Gasteiger charge is 2.31. The lowest BCUT2D eigenvalue weighted by molar-refractivity contribution is 0.528. The molecule has 0 aliphatic rings. The maximum absolute atomic E-state index is 2.52. The molecule has 0 aliphatic carbocycles. The van der Waals surface area contributed by atoms with Gasteiger partial charge in [0.15, 0.2) is 0 Å². The second-order valence-corrected chi connectivity index (χ2v) is 16.2. The first kappa shape index (κ1) is 29.7. The lowest BCUT2D eigenvalue weighted by Crippen LogP contribution is -2.25. The van der Waals surface area contributed by atoms with E-state index in [4.69, 9.17) is 0 Å². The Morgan fingerprint density at radius 2 is 0.886 bits per heavy atom. The highest BCUT2D eigenvalue weighted by molar-refractivity contribution is 5.49. The summed E-state index contributed by atoms with van der Waals surface area (Å²) in [4.78, 5) is 0. The lowest BCUT2D eigenvalue weighted by Gasteiger charge is -2.35. The minimum Gasteiger partial charge on any atom is -0.0582 e. The quantitative estimate of drug-likeness (QED) is 0.413. The third kappa shape index (κ3) is 7.02. The Bertz CT molecular complexity index is 993. The molecule has 196 valence electrons. The largest absolute Gasteiger partial charge is 0.0582 e. The van der Waals surface area contributed by atoms with Gasteiger partial charge in [-0.2, -0.15) is 0 Å². The third-order valence-corrected chi connectivity index (χ3v) is 7.50. The van der Waals surface area contributed by atoms with Crippen LogP contribution in [0.1, 0.15) is 156 Å². The van der Waals surface area contributed by atoms with Crippen molar-refractivity contribution in [1.82, 2.24) is 0 Å². The van der Waals surface area contributed by atoms with Gasteiger partial charge in [0.25, 0.3) is 0 Å². The van der Waals surface area contributed by atoms with Gasteiger partial charge in [-0.15, -0.1) is 0 Å². The summed E-state index contributed by atoms with van der Waals surface area (Å²) < 4.78 is 0. The fraction of sp³-hybridized carbons (Fsp3) is 0.657. The molecule has 0 nitrogen and oxygen atoms in total. The Morgan fingerprint density at radius 3 is 1.23 bits per heavy atom. The van der Waals surface area contributed by atoms with Crippen LogP contribution in [0.5, 0.6) is 0 Å². The van der Waals surface area contributed by atoms with Gasteiger partial charge in [0.1, 0.15) is 0 Å².